The summed E-state index contributed by atoms with van der Waals surface area (Å²) in [5.74, 6) is 2.02. The molecule has 0 bridgehead atoms. The molecular formula is C18H29N3O2. The van der Waals surface area contributed by atoms with Gasteiger partial charge in [0.25, 0.3) is 0 Å². The topological polar surface area (TPSA) is 92.0 Å². The molecule has 1 aromatic rings. The van der Waals surface area contributed by atoms with Crippen LogP contribution in [-0.4, -0.2) is 27.1 Å². The SMILES string of the molecule is CCCCC1CCC2c3nc(C[C@@H](N)C(=O)O)[nH]c3CCC2C1. The van der Waals surface area contributed by atoms with Crippen LogP contribution in [0.1, 0.15) is 75.0 Å². The van der Waals surface area contributed by atoms with E-state index in [9.17, 15) is 4.79 Å². The van der Waals surface area contributed by atoms with Crippen molar-refractivity contribution in [2.45, 2.75) is 76.7 Å². The second kappa shape index (κ2) is 7.04. The van der Waals surface area contributed by atoms with Gasteiger partial charge < -0.3 is 15.8 Å². The van der Waals surface area contributed by atoms with E-state index in [1.807, 2.05) is 0 Å². The molecule has 0 radical (unpaired) electrons. The van der Waals surface area contributed by atoms with Gasteiger partial charge in [0, 0.05) is 18.0 Å². The minimum Gasteiger partial charge on any atom is -0.480 e. The van der Waals surface area contributed by atoms with E-state index in [0.717, 1.165) is 24.1 Å². The molecular weight excluding hydrogens is 290 g/mol. The normalized spacial score (nSPS) is 28.0. The third-order valence-corrected chi connectivity index (χ3v) is 5.76. The van der Waals surface area contributed by atoms with Gasteiger partial charge in [-0.3, -0.25) is 4.79 Å². The van der Waals surface area contributed by atoms with Gasteiger partial charge in [-0.15, -0.1) is 0 Å². The molecule has 3 unspecified atom stereocenters. The summed E-state index contributed by atoms with van der Waals surface area (Å²) < 4.78 is 0. The van der Waals surface area contributed by atoms with E-state index in [2.05, 4.69) is 11.9 Å². The van der Waals surface area contributed by atoms with Crippen LogP contribution in [0.4, 0.5) is 0 Å². The van der Waals surface area contributed by atoms with E-state index < -0.39 is 12.0 Å². The van der Waals surface area contributed by atoms with E-state index in [1.165, 1.54) is 56.3 Å². The minimum atomic E-state index is -0.964. The lowest BCUT2D eigenvalue weighted by atomic mass is 9.67. The zero-order valence-corrected chi connectivity index (χ0v) is 14.1. The molecule has 5 nitrogen and oxygen atoms in total. The molecule has 2 aliphatic rings. The number of nitrogens with zero attached hydrogens (tertiary/aromatic N) is 1. The number of fused-ring (bicyclic) bond motifs is 3. The Balaban J connectivity index is 1.67. The molecule has 3 rings (SSSR count). The lowest BCUT2D eigenvalue weighted by molar-refractivity contribution is -0.138. The molecule has 4 atom stereocenters. The number of carbonyl (C=O) groups is 1. The predicted molar refractivity (Wildman–Crippen MR) is 89.3 cm³/mol. The second-order valence-corrected chi connectivity index (χ2v) is 7.42. The Morgan fingerprint density at radius 2 is 2.26 bits per heavy atom. The molecule has 1 fully saturated rings. The van der Waals surface area contributed by atoms with Crippen LogP contribution >= 0.6 is 0 Å². The fourth-order valence-electron chi connectivity index (χ4n) is 4.49. The van der Waals surface area contributed by atoms with Crippen molar-refractivity contribution in [1.29, 1.82) is 0 Å². The molecule has 0 spiro atoms. The Kier molecular flexibility index (Phi) is 5.05. The molecule has 0 aromatic carbocycles. The third kappa shape index (κ3) is 3.60. The molecule has 0 saturated heterocycles. The number of carboxylic acids is 1. The van der Waals surface area contributed by atoms with Crippen LogP contribution in [0.3, 0.4) is 0 Å². The van der Waals surface area contributed by atoms with Crippen molar-refractivity contribution in [3.63, 3.8) is 0 Å². The van der Waals surface area contributed by atoms with E-state index in [0.29, 0.717) is 12.3 Å². The van der Waals surface area contributed by atoms with Crippen molar-refractivity contribution >= 4 is 5.97 Å². The molecule has 5 heteroatoms. The second-order valence-electron chi connectivity index (χ2n) is 7.42. The number of H-pyrrole nitrogens is 1. The average molecular weight is 319 g/mol. The number of nitrogens with one attached hydrogen (secondary N) is 1. The summed E-state index contributed by atoms with van der Waals surface area (Å²) in [7, 11) is 0. The van der Waals surface area contributed by atoms with Gasteiger partial charge in [0.15, 0.2) is 0 Å². The van der Waals surface area contributed by atoms with Crippen molar-refractivity contribution in [2.24, 2.45) is 17.6 Å². The number of hydrogen-bond acceptors (Lipinski definition) is 3. The van der Waals surface area contributed by atoms with Crippen LogP contribution in [0.2, 0.25) is 0 Å². The number of aryl methyl sites for hydroxylation is 1. The van der Waals surface area contributed by atoms with Crippen LogP contribution in [0.5, 0.6) is 0 Å². The van der Waals surface area contributed by atoms with Crippen molar-refractivity contribution in [3.8, 4) is 0 Å². The molecule has 1 saturated carbocycles. The number of aromatic amines is 1. The van der Waals surface area contributed by atoms with Crippen LogP contribution in [0.25, 0.3) is 0 Å². The molecule has 4 N–H and O–H groups in total. The monoisotopic (exact) mass is 319 g/mol. The van der Waals surface area contributed by atoms with Crippen LogP contribution in [-0.2, 0) is 17.6 Å². The standard InChI is InChI=1S/C18H29N3O2/c1-2-3-4-11-5-7-13-12(9-11)6-8-15-17(13)21-16(20-15)10-14(19)18(22)23/h11-14H,2-10,19H2,1H3,(H,20,21)(H,22,23)/t11?,12?,13?,14-/m1/s1. The zero-order valence-electron chi connectivity index (χ0n) is 14.1. The van der Waals surface area contributed by atoms with Crippen LogP contribution < -0.4 is 5.73 Å². The van der Waals surface area contributed by atoms with E-state index in [4.69, 9.17) is 15.8 Å². The van der Waals surface area contributed by atoms with Gasteiger partial charge in [0.1, 0.15) is 11.9 Å². The smallest absolute Gasteiger partial charge is 0.320 e. The molecule has 2 aliphatic carbocycles. The molecule has 23 heavy (non-hydrogen) atoms. The summed E-state index contributed by atoms with van der Waals surface area (Å²) in [5, 5.41) is 8.97. The van der Waals surface area contributed by atoms with Gasteiger partial charge in [-0.25, -0.2) is 4.98 Å². The first kappa shape index (κ1) is 16.5. The molecule has 1 aromatic heterocycles. The number of nitrogens with two attached hydrogens (primary N) is 1. The maximum Gasteiger partial charge on any atom is 0.320 e. The Morgan fingerprint density at radius 3 is 3.00 bits per heavy atom. The summed E-state index contributed by atoms with van der Waals surface area (Å²) in [5.41, 5.74) is 8.08. The van der Waals surface area contributed by atoms with Crippen molar-refractivity contribution < 1.29 is 9.90 Å². The highest BCUT2D eigenvalue weighted by Gasteiger charge is 2.37. The maximum absolute atomic E-state index is 10.9. The number of carboxylic acid groups (broad SMARTS) is 1. The van der Waals surface area contributed by atoms with Gasteiger partial charge in [-0.1, -0.05) is 26.2 Å². The first-order valence-electron chi connectivity index (χ1n) is 9.14. The highest BCUT2D eigenvalue weighted by atomic mass is 16.4. The number of unbranched alkanes of at least 4 members (excludes halogenated alkanes) is 1. The maximum atomic E-state index is 10.9. The molecule has 1 heterocycles. The zero-order chi connectivity index (χ0) is 16.4. The fraction of sp³-hybridized carbons (Fsp3) is 0.778. The van der Waals surface area contributed by atoms with Gasteiger partial charge >= 0.3 is 5.97 Å². The third-order valence-electron chi connectivity index (χ3n) is 5.76. The largest absolute Gasteiger partial charge is 0.480 e. The minimum absolute atomic E-state index is 0.291. The van der Waals surface area contributed by atoms with Crippen molar-refractivity contribution in [1.82, 2.24) is 9.97 Å². The number of hydrogen-bond donors (Lipinski definition) is 3. The summed E-state index contributed by atoms with van der Waals surface area (Å²) >= 11 is 0. The predicted octanol–water partition coefficient (Wildman–Crippen LogP) is 3.00. The number of aromatic nitrogens is 2. The van der Waals surface area contributed by atoms with Gasteiger partial charge in [0.2, 0.25) is 0 Å². The Bertz CT molecular complexity index is 554. The lowest BCUT2D eigenvalue weighted by Crippen LogP contribution is -2.32. The quantitative estimate of drug-likeness (QED) is 0.751. The highest BCUT2D eigenvalue weighted by Crippen LogP contribution is 2.47. The Hall–Kier alpha value is -1.36. The highest BCUT2D eigenvalue weighted by molar-refractivity contribution is 5.73. The Morgan fingerprint density at radius 1 is 1.43 bits per heavy atom. The summed E-state index contributed by atoms with van der Waals surface area (Å²) in [4.78, 5) is 19.0. The number of imidazole rings is 1. The molecule has 128 valence electrons. The van der Waals surface area contributed by atoms with Crippen LogP contribution in [0.15, 0.2) is 0 Å². The molecule has 0 aliphatic heterocycles. The van der Waals surface area contributed by atoms with E-state index in [-0.39, 0.29) is 0 Å². The number of rotatable bonds is 6. The Labute approximate surface area is 138 Å². The van der Waals surface area contributed by atoms with E-state index in [1.54, 1.807) is 0 Å². The summed E-state index contributed by atoms with van der Waals surface area (Å²) in [6, 6.07) is -0.872. The van der Waals surface area contributed by atoms with Crippen LogP contribution in [0, 0.1) is 11.8 Å². The van der Waals surface area contributed by atoms with Crippen molar-refractivity contribution in [2.75, 3.05) is 0 Å². The van der Waals surface area contributed by atoms with Gasteiger partial charge in [0.05, 0.1) is 5.69 Å². The van der Waals surface area contributed by atoms with E-state index >= 15 is 0 Å². The first-order chi connectivity index (χ1) is 11.1. The van der Waals surface area contributed by atoms with Gasteiger partial charge in [-0.05, 0) is 43.9 Å². The van der Waals surface area contributed by atoms with Gasteiger partial charge in [-0.2, -0.15) is 0 Å². The van der Waals surface area contributed by atoms with Crippen molar-refractivity contribution in [3.05, 3.63) is 17.2 Å². The lowest BCUT2D eigenvalue weighted by Gasteiger charge is -2.38. The fourth-order valence-corrected chi connectivity index (χ4v) is 4.49. The first-order valence-corrected chi connectivity index (χ1v) is 9.14. The summed E-state index contributed by atoms with van der Waals surface area (Å²) in [6.07, 6.45) is 10.5. The number of aliphatic carboxylic acids is 1. The summed E-state index contributed by atoms with van der Waals surface area (Å²) in [6.45, 7) is 2.27. The average Bonchev–Trinajstić information content (AvgIpc) is 2.95. The molecule has 0 amide bonds.